The van der Waals surface area contributed by atoms with Gasteiger partial charge in [-0.2, -0.15) is 10.5 Å². The number of halogens is 1. The van der Waals surface area contributed by atoms with Gasteiger partial charge in [0.05, 0.1) is 17.1 Å². The zero-order chi connectivity index (χ0) is 11.4. The Kier molecular flexibility index (Phi) is 2.98. The lowest BCUT2D eigenvalue weighted by Crippen LogP contribution is -2.01. The van der Waals surface area contributed by atoms with Gasteiger partial charge in [-0.25, -0.2) is 0 Å². The Bertz CT molecular complexity index is 515. The van der Waals surface area contributed by atoms with Crippen molar-refractivity contribution >= 4 is 17.3 Å². The molecule has 2 rings (SSSR count). The van der Waals surface area contributed by atoms with E-state index in [1.807, 2.05) is 6.07 Å². The van der Waals surface area contributed by atoms with Gasteiger partial charge in [-0.3, -0.25) is 0 Å². The van der Waals surface area contributed by atoms with Crippen LogP contribution in [0.3, 0.4) is 0 Å². The molecule has 1 aromatic heterocycles. The van der Waals surface area contributed by atoms with Crippen molar-refractivity contribution in [2.45, 2.75) is 6.54 Å². The van der Waals surface area contributed by atoms with Gasteiger partial charge in [0.2, 0.25) is 0 Å². The lowest BCUT2D eigenvalue weighted by atomic mass is 10.2. The summed E-state index contributed by atoms with van der Waals surface area (Å²) in [5.41, 5.74) is 1.25. The summed E-state index contributed by atoms with van der Waals surface area (Å²) in [6.07, 6.45) is 0. The first-order valence-corrected chi connectivity index (χ1v) is 4.83. The molecule has 0 atom stereocenters. The molecule has 7 heteroatoms. The van der Waals surface area contributed by atoms with Gasteiger partial charge in [0.15, 0.2) is 5.82 Å². The molecule has 0 spiro atoms. The fourth-order valence-electron chi connectivity index (χ4n) is 1.15. The Morgan fingerprint density at radius 2 is 2.38 bits per heavy atom. The largest absolute Gasteiger partial charge is 0.378 e. The molecule has 1 heterocycles. The Morgan fingerprint density at radius 3 is 3.00 bits per heavy atom. The van der Waals surface area contributed by atoms with Crippen LogP contribution in [0.25, 0.3) is 0 Å². The van der Waals surface area contributed by atoms with Crippen LogP contribution in [0.2, 0.25) is 5.02 Å². The second kappa shape index (κ2) is 4.59. The van der Waals surface area contributed by atoms with Crippen LogP contribution in [0, 0.1) is 11.3 Å². The fourth-order valence-corrected chi connectivity index (χ4v) is 1.38. The number of tetrazole rings is 1. The van der Waals surface area contributed by atoms with Gasteiger partial charge in [-0.05, 0) is 18.2 Å². The van der Waals surface area contributed by atoms with Crippen LogP contribution in [0.5, 0.6) is 0 Å². The number of rotatable bonds is 3. The fraction of sp³-hybridized carbons (Fsp3) is 0.111. The smallest absolute Gasteiger partial charge is 0.193 e. The van der Waals surface area contributed by atoms with Crippen molar-refractivity contribution in [3.8, 4) is 6.07 Å². The van der Waals surface area contributed by atoms with Crippen molar-refractivity contribution in [2.75, 3.05) is 5.32 Å². The third kappa shape index (κ3) is 2.27. The van der Waals surface area contributed by atoms with Crippen molar-refractivity contribution in [2.24, 2.45) is 0 Å². The van der Waals surface area contributed by atoms with Crippen molar-refractivity contribution in [1.29, 1.82) is 5.26 Å². The van der Waals surface area contributed by atoms with E-state index in [1.54, 1.807) is 18.2 Å². The number of benzene rings is 1. The second-order valence-corrected chi connectivity index (χ2v) is 3.40. The Labute approximate surface area is 96.2 Å². The zero-order valence-electron chi connectivity index (χ0n) is 8.11. The van der Waals surface area contributed by atoms with Gasteiger partial charge in [0.1, 0.15) is 6.07 Å². The average molecular weight is 235 g/mol. The second-order valence-electron chi connectivity index (χ2n) is 2.99. The highest BCUT2D eigenvalue weighted by molar-refractivity contribution is 6.32. The topological polar surface area (TPSA) is 90.3 Å². The van der Waals surface area contributed by atoms with Crippen molar-refractivity contribution < 1.29 is 0 Å². The molecule has 16 heavy (non-hydrogen) atoms. The summed E-state index contributed by atoms with van der Waals surface area (Å²) in [5.74, 6) is 0.556. The third-order valence-corrected chi connectivity index (χ3v) is 2.24. The molecule has 2 N–H and O–H groups in total. The van der Waals surface area contributed by atoms with Gasteiger partial charge >= 0.3 is 0 Å². The summed E-state index contributed by atoms with van der Waals surface area (Å²) in [7, 11) is 0. The highest BCUT2D eigenvalue weighted by atomic mass is 35.5. The summed E-state index contributed by atoms with van der Waals surface area (Å²) in [4.78, 5) is 0. The number of aromatic nitrogens is 4. The SMILES string of the molecule is N#Cc1ccc(NCc2nn[nH]n2)cc1Cl. The van der Waals surface area contributed by atoms with Crippen LogP contribution in [-0.2, 0) is 6.54 Å². The van der Waals surface area contributed by atoms with Crippen molar-refractivity contribution in [1.82, 2.24) is 20.6 Å². The van der Waals surface area contributed by atoms with E-state index in [4.69, 9.17) is 16.9 Å². The first-order chi connectivity index (χ1) is 7.79. The van der Waals surface area contributed by atoms with Gasteiger partial charge in [0.25, 0.3) is 0 Å². The van der Waals surface area contributed by atoms with Crippen LogP contribution in [0.1, 0.15) is 11.4 Å². The van der Waals surface area contributed by atoms with Crippen LogP contribution in [-0.4, -0.2) is 20.6 Å². The first-order valence-electron chi connectivity index (χ1n) is 4.45. The maximum Gasteiger partial charge on any atom is 0.193 e. The number of anilines is 1. The summed E-state index contributed by atoms with van der Waals surface area (Å²) in [6.45, 7) is 0.443. The molecule has 80 valence electrons. The summed E-state index contributed by atoms with van der Waals surface area (Å²) < 4.78 is 0. The van der Waals surface area contributed by atoms with E-state index in [0.717, 1.165) is 5.69 Å². The van der Waals surface area contributed by atoms with E-state index < -0.39 is 0 Å². The maximum atomic E-state index is 8.70. The Hall–Kier alpha value is -2.13. The molecule has 0 aliphatic heterocycles. The molecule has 0 amide bonds. The minimum absolute atomic E-state index is 0.417. The predicted octanol–water partition coefficient (Wildman–Crippen LogP) is 1.34. The highest BCUT2D eigenvalue weighted by Crippen LogP contribution is 2.20. The molecule has 0 aliphatic carbocycles. The number of nitriles is 1. The van der Waals surface area contributed by atoms with Crippen molar-refractivity contribution in [3.05, 3.63) is 34.6 Å². The van der Waals surface area contributed by atoms with E-state index in [0.29, 0.717) is 23.0 Å². The number of nitrogens with zero attached hydrogens (tertiary/aromatic N) is 4. The quantitative estimate of drug-likeness (QED) is 0.836. The first kappa shape index (κ1) is 10.4. The van der Waals surface area contributed by atoms with Crippen LogP contribution < -0.4 is 5.32 Å². The summed E-state index contributed by atoms with van der Waals surface area (Å²) >= 11 is 5.88. The van der Waals surface area contributed by atoms with E-state index >= 15 is 0 Å². The van der Waals surface area contributed by atoms with Crippen LogP contribution >= 0.6 is 11.6 Å². The standard InChI is InChI=1S/C9H7ClN6/c10-8-3-7(2-1-6(8)4-11)12-5-9-13-15-16-14-9/h1-3,12H,5H2,(H,13,14,15,16). The monoisotopic (exact) mass is 234 g/mol. The summed E-state index contributed by atoms with van der Waals surface area (Å²) in [5, 5.41) is 25.6. The molecule has 0 fully saturated rings. The molecule has 0 radical (unpaired) electrons. The minimum Gasteiger partial charge on any atom is -0.378 e. The molecule has 1 aromatic carbocycles. The number of nitrogens with one attached hydrogen (secondary N) is 2. The number of hydrogen-bond donors (Lipinski definition) is 2. The van der Waals surface area contributed by atoms with Gasteiger partial charge in [-0.1, -0.05) is 16.8 Å². The van der Waals surface area contributed by atoms with E-state index in [2.05, 4.69) is 25.9 Å². The predicted molar refractivity (Wildman–Crippen MR) is 57.7 cm³/mol. The Balaban J connectivity index is 2.06. The highest BCUT2D eigenvalue weighted by Gasteiger charge is 2.02. The molecular formula is C9H7ClN6. The molecule has 6 nitrogen and oxygen atoms in total. The van der Waals surface area contributed by atoms with Crippen LogP contribution in [0.4, 0.5) is 5.69 Å². The zero-order valence-corrected chi connectivity index (χ0v) is 8.86. The van der Waals surface area contributed by atoms with Gasteiger partial charge < -0.3 is 5.32 Å². The molecular weight excluding hydrogens is 228 g/mol. The lowest BCUT2D eigenvalue weighted by Gasteiger charge is -2.04. The van der Waals surface area contributed by atoms with Gasteiger partial charge in [0, 0.05) is 5.69 Å². The maximum absolute atomic E-state index is 8.70. The summed E-state index contributed by atoms with van der Waals surface area (Å²) in [6, 6.07) is 7.10. The third-order valence-electron chi connectivity index (χ3n) is 1.93. The van der Waals surface area contributed by atoms with Gasteiger partial charge in [-0.15, -0.1) is 10.2 Å². The van der Waals surface area contributed by atoms with E-state index in [1.165, 1.54) is 0 Å². The number of aromatic amines is 1. The molecule has 0 saturated heterocycles. The lowest BCUT2D eigenvalue weighted by molar-refractivity contribution is 0.881. The van der Waals surface area contributed by atoms with E-state index in [-0.39, 0.29) is 0 Å². The molecule has 0 aliphatic rings. The molecule has 0 unspecified atom stereocenters. The van der Waals surface area contributed by atoms with Crippen LogP contribution in [0.15, 0.2) is 18.2 Å². The number of hydrogen-bond acceptors (Lipinski definition) is 5. The van der Waals surface area contributed by atoms with E-state index in [9.17, 15) is 0 Å². The molecule has 0 saturated carbocycles. The normalized spacial score (nSPS) is 9.75. The Morgan fingerprint density at radius 1 is 1.50 bits per heavy atom. The number of H-pyrrole nitrogens is 1. The van der Waals surface area contributed by atoms with Crippen molar-refractivity contribution in [3.63, 3.8) is 0 Å². The molecule has 2 aromatic rings. The molecule has 0 bridgehead atoms. The average Bonchev–Trinajstić information content (AvgIpc) is 2.79. The minimum atomic E-state index is 0.417.